The molecule has 0 bridgehead atoms. The Bertz CT molecular complexity index is 1240. The van der Waals surface area contributed by atoms with Crippen molar-refractivity contribution in [2.24, 2.45) is 0 Å². The first-order valence-electron chi connectivity index (χ1n) is 21.0. The monoisotopic (exact) mass is 759 g/mol. The Kier molecular flexibility index (Phi) is 39.3. The molecule has 0 saturated carbocycles. The number of rotatable bonds is 35. The third-order valence-electron chi connectivity index (χ3n) is 7.98. The van der Waals surface area contributed by atoms with Crippen molar-refractivity contribution >= 4 is 17.9 Å². The zero-order chi connectivity index (χ0) is 40.1. The van der Waals surface area contributed by atoms with Crippen molar-refractivity contribution in [1.82, 2.24) is 0 Å². The van der Waals surface area contributed by atoms with Crippen LogP contribution in [0.5, 0.6) is 0 Å². The normalized spacial score (nSPS) is 13.3. The summed E-state index contributed by atoms with van der Waals surface area (Å²) in [7, 11) is 0. The lowest BCUT2D eigenvalue weighted by atomic mass is 10.1. The van der Waals surface area contributed by atoms with Gasteiger partial charge in [0.25, 0.3) is 0 Å². The van der Waals surface area contributed by atoms with E-state index in [2.05, 4.69) is 130 Å². The lowest BCUT2D eigenvalue weighted by Crippen LogP contribution is -2.30. The van der Waals surface area contributed by atoms with Crippen molar-refractivity contribution in [2.45, 2.75) is 155 Å². The minimum absolute atomic E-state index is 0.0849. The summed E-state index contributed by atoms with van der Waals surface area (Å²) >= 11 is 0. The van der Waals surface area contributed by atoms with Crippen molar-refractivity contribution < 1.29 is 28.6 Å². The van der Waals surface area contributed by atoms with Crippen molar-refractivity contribution in [3.8, 4) is 0 Å². The molecule has 306 valence electrons. The highest BCUT2D eigenvalue weighted by Crippen LogP contribution is 2.09. The van der Waals surface area contributed by atoms with Gasteiger partial charge in [-0.15, -0.1) is 0 Å². The molecule has 0 aromatic heterocycles. The second kappa shape index (κ2) is 42.6. The summed E-state index contributed by atoms with van der Waals surface area (Å²) in [5.74, 6) is -1.16. The molecule has 0 saturated heterocycles. The molecule has 0 aliphatic heterocycles. The molecule has 0 rings (SSSR count). The fourth-order valence-corrected chi connectivity index (χ4v) is 4.92. The molecule has 6 heteroatoms. The second-order valence-electron chi connectivity index (χ2n) is 13.1. The summed E-state index contributed by atoms with van der Waals surface area (Å²) in [6.45, 7) is 6.07. The van der Waals surface area contributed by atoms with Crippen LogP contribution < -0.4 is 0 Å². The fraction of sp³-hybridized carbons (Fsp3) is 0.531. The Hall–Kier alpha value is -4.19. The molecular formula is C49H74O6. The largest absolute Gasteiger partial charge is 0.462 e. The molecular weight excluding hydrogens is 685 g/mol. The van der Waals surface area contributed by atoms with Crippen LogP contribution in [-0.2, 0) is 28.6 Å². The molecule has 0 aliphatic carbocycles. The van der Waals surface area contributed by atoms with E-state index in [1.54, 1.807) is 6.08 Å². The van der Waals surface area contributed by atoms with Gasteiger partial charge >= 0.3 is 17.9 Å². The lowest BCUT2D eigenvalue weighted by molar-refractivity contribution is -0.166. The standard InChI is InChI=1S/C49H74O6/c1-4-7-10-13-16-19-20-21-22-23-24-25-26-27-28-31-33-36-39-42-48(51)54-45-46(55-49(52)43-40-37-34-30-18-15-12-9-6-3)44-53-47(50)41-38-35-32-29-17-14-11-8-5-2/h7-12,16-19,21-22,24-25,27-30,37,40,46H,4-6,13-15,20,23,26,31-36,38-39,41-45H2,1-3H3/b10-7-,11-8-,12-9-,19-16-,22-21-,25-24-,28-27-,29-17-,30-18-,40-37-. The first-order valence-corrected chi connectivity index (χ1v) is 21.0. The first-order chi connectivity index (χ1) is 27.0. The van der Waals surface area contributed by atoms with E-state index in [1.807, 2.05) is 6.08 Å². The highest BCUT2D eigenvalue weighted by Gasteiger charge is 2.19. The molecule has 0 N–H and O–H groups in total. The van der Waals surface area contributed by atoms with E-state index < -0.39 is 12.1 Å². The van der Waals surface area contributed by atoms with Crippen LogP contribution in [0.4, 0.5) is 0 Å². The predicted molar refractivity (Wildman–Crippen MR) is 233 cm³/mol. The fourth-order valence-electron chi connectivity index (χ4n) is 4.92. The Balaban J connectivity index is 4.49. The van der Waals surface area contributed by atoms with E-state index in [0.717, 1.165) is 103 Å². The lowest BCUT2D eigenvalue weighted by Gasteiger charge is -2.18. The zero-order valence-corrected chi connectivity index (χ0v) is 34.6. The van der Waals surface area contributed by atoms with Crippen molar-refractivity contribution in [3.05, 3.63) is 122 Å². The molecule has 55 heavy (non-hydrogen) atoms. The number of carbonyl (C=O) groups is 3. The quantitative estimate of drug-likeness (QED) is 0.0277. The van der Waals surface area contributed by atoms with Crippen LogP contribution in [0.3, 0.4) is 0 Å². The Morgan fingerprint density at radius 2 is 0.709 bits per heavy atom. The van der Waals surface area contributed by atoms with Crippen LogP contribution in [-0.4, -0.2) is 37.2 Å². The van der Waals surface area contributed by atoms with E-state index >= 15 is 0 Å². The average molecular weight is 759 g/mol. The van der Waals surface area contributed by atoms with E-state index in [4.69, 9.17) is 14.2 Å². The van der Waals surface area contributed by atoms with E-state index in [-0.39, 0.29) is 38.0 Å². The highest BCUT2D eigenvalue weighted by atomic mass is 16.6. The van der Waals surface area contributed by atoms with E-state index in [0.29, 0.717) is 12.8 Å². The molecule has 0 heterocycles. The van der Waals surface area contributed by atoms with Crippen LogP contribution in [0.1, 0.15) is 149 Å². The van der Waals surface area contributed by atoms with E-state index in [1.165, 1.54) is 0 Å². The average Bonchev–Trinajstić information content (AvgIpc) is 3.18. The molecule has 0 aromatic rings. The zero-order valence-electron chi connectivity index (χ0n) is 34.6. The summed E-state index contributed by atoms with van der Waals surface area (Å²) in [5, 5.41) is 0. The van der Waals surface area contributed by atoms with E-state index in [9.17, 15) is 14.4 Å². The molecule has 0 aromatic carbocycles. The van der Waals surface area contributed by atoms with Gasteiger partial charge < -0.3 is 14.2 Å². The number of unbranched alkanes of at least 4 members (excludes halogenated alkanes) is 5. The molecule has 1 atom stereocenters. The van der Waals surface area contributed by atoms with Crippen molar-refractivity contribution in [1.29, 1.82) is 0 Å². The van der Waals surface area contributed by atoms with Gasteiger partial charge in [-0.3, -0.25) is 14.4 Å². The maximum Gasteiger partial charge on any atom is 0.310 e. The Labute approximate surface area is 335 Å². The third-order valence-corrected chi connectivity index (χ3v) is 7.98. The highest BCUT2D eigenvalue weighted by molar-refractivity contribution is 5.72. The van der Waals surface area contributed by atoms with Gasteiger partial charge in [0, 0.05) is 12.8 Å². The van der Waals surface area contributed by atoms with Gasteiger partial charge in [0.15, 0.2) is 6.10 Å². The van der Waals surface area contributed by atoms with Gasteiger partial charge in [-0.05, 0) is 103 Å². The molecule has 0 amide bonds. The van der Waals surface area contributed by atoms with Crippen LogP contribution in [0.2, 0.25) is 0 Å². The first kappa shape index (κ1) is 50.8. The van der Waals surface area contributed by atoms with Gasteiger partial charge in [-0.25, -0.2) is 0 Å². The number of hydrogen-bond acceptors (Lipinski definition) is 6. The number of carbonyl (C=O) groups excluding carboxylic acids is 3. The third kappa shape index (κ3) is 40.8. The molecule has 0 aliphatic rings. The van der Waals surface area contributed by atoms with Crippen LogP contribution in [0, 0.1) is 0 Å². The molecule has 6 nitrogen and oxygen atoms in total. The van der Waals surface area contributed by atoms with Gasteiger partial charge in [-0.1, -0.05) is 149 Å². The minimum Gasteiger partial charge on any atom is -0.462 e. The SMILES string of the molecule is CC/C=C\C/C=C\C/C=C\C/C=C\C/C=C\CCCCCC(=O)OCC(COC(=O)CCCC/C=C\C/C=C\CC)OC(=O)C/C=C\C/C=C\C/C=C\CC. The summed E-state index contributed by atoms with van der Waals surface area (Å²) in [6.07, 6.45) is 58.1. The summed E-state index contributed by atoms with van der Waals surface area (Å²) < 4.78 is 16.4. The molecule has 0 radical (unpaired) electrons. The topological polar surface area (TPSA) is 78.9 Å². The number of allylic oxidation sites excluding steroid dienone is 19. The molecule has 1 unspecified atom stereocenters. The number of ether oxygens (including phenoxy) is 3. The molecule has 0 fully saturated rings. The van der Waals surface area contributed by atoms with Crippen molar-refractivity contribution in [2.75, 3.05) is 13.2 Å². The van der Waals surface area contributed by atoms with Crippen LogP contribution in [0.25, 0.3) is 0 Å². The summed E-state index contributed by atoms with van der Waals surface area (Å²) in [4.78, 5) is 37.4. The molecule has 0 spiro atoms. The summed E-state index contributed by atoms with van der Waals surface area (Å²) in [5.41, 5.74) is 0. The smallest absolute Gasteiger partial charge is 0.310 e. The maximum atomic E-state index is 12.6. The van der Waals surface area contributed by atoms with Crippen LogP contribution in [0.15, 0.2) is 122 Å². The van der Waals surface area contributed by atoms with Crippen LogP contribution >= 0.6 is 0 Å². The number of hydrogen-bond donors (Lipinski definition) is 0. The minimum atomic E-state index is -0.853. The predicted octanol–water partition coefficient (Wildman–Crippen LogP) is 13.4. The Morgan fingerprint density at radius 3 is 1.11 bits per heavy atom. The maximum absolute atomic E-state index is 12.6. The Morgan fingerprint density at radius 1 is 0.382 bits per heavy atom. The van der Waals surface area contributed by atoms with Gasteiger partial charge in [0.05, 0.1) is 6.42 Å². The second-order valence-corrected chi connectivity index (χ2v) is 13.1. The van der Waals surface area contributed by atoms with Gasteiger partial charge in [0.1, 0.15) is 13.2 Å². The summed E-state index contributed by atoms with van der Waals surface area (Å²) in [6, 6.07) is 0. The number of esters is 3. The van der Waals surface area contributed by atoms with Gasteiger partial charge in [0.2, 0.25) is 0 Å². The van der Waals surface area contributed by atoms with Crippen molar-refractivity contribution in [3.63, 3.8) is 0 Å². The van der Waals surface area contributed by atoms with Gasteiger partial charge in [-0.2, -0.15) is 0 Å².